The van der Waals surface area contributed by atoms with E-state index in [1.165, 1.54) is 24.3 Å². The molecule has 3 N–H and O–H groups in total. The average molecular weight is 264 g/mol. The number of carbonyl (C=O) groups is 3. The molecule has 6 nitrogen and oxygen atoms in total. The van der Waals surface area contributed by atoms with Gasteiger partial charge in [0.1, 0.15) is 6.42 Å². The van der Waals surface area contributed by atoms with Gasteiger partial charge in [-0.3, -0.25) is 14.4 Å². The number of phenols is 2. The van der Waals surface area contributed by atoms with Gasteiger partial charge in [-0.2, -0.15) is 0 Å². The molecule has 0 amide bonds. The van der Waals surface area contributed by atoms with Gasteiger partial charge in [0, 0.05) is 0 Å². The molecule has 0 radical (unpaired) electrons. The predicted octanol–water partition coefficient (Wildman–Crippen LogP) is 1.11. The Labute approximate surface area is 108 Å². The van der Waals surface area contributed by atoms with Crippen LogP contribution in [0.1, 0.15) is 18.4 Å². The molecule has 0 atom stereocenters. The highest BCUT2D eigenvalue weighted by atomic mass is 16.4. The summed E-state index contributed by atoms with van der Waals surface area (Å²) in [5, 5.41) is 26.7. The number of ketones is 2. The number of carbonyl (C=O) groups excluding carboxylic acids is 2. The predicted molar refractivity (Wildman–Crippen MR) is 65.7 cm³/mol. The number of benzene rings is 1. The second-order valence-electron chi connectivity index (χ2n) is 3.83. The zero-order chi connectivity index (χ0) is 14.4. The van der Waals surface area contributed by atoms with Crippen molar-refractivity contribution >= 4 is 23.6 Å². The van der Waals surface area contributed by atoms with E-state index in [2.05, 4.69) is 0 Å². The minimum absolute atomic E-state index is 0.278. The van der Waals surface area contributed by atoms with Gasteiger partial charge in [0.25, 0.3) is 0 Å². The summed E-state index contributed by atoms with van der Waals surface area (Å²) in [4.78, 5) is 32.7. The second kappa shape index (κ2) is 6.34. The summed E-state index contributed by atoms with van der Waals surface area (Å²) in [5.74, 6) is -3.07. The van der Waals surface area contributed by atoms with Crippen molar-refractivity contribution in [2.75, 3.05) is 0 Å². The lowest BCUT2D eigenvalue weighted by atomic mass is 10.1. The molecule has 0 heterocycles. The summed E-state index contributed by atoms with van der Waals surface area (Å²) < 4.78 is 0. The molecule has 0 aliphatic heterocycles. The summed E-state index contributed by atoms with van der Waals surface area (Å²) in [6.45, 7) is 0. The number of aromatic hydroxyl groups is 2. The Balaban J connectivity index is 2.61. The molecular weight excluding hydrogens is 252 g/mol. The number of Topliss-reactive ketones (excluding diaryl/α,β-unsaturated/α-hetero) is 1. The highest BCUT2D eigenvalue weighted by Gasteiger charge is 2.10. The molecule has 1 rings (SSSR count). The molecule has 1 aromatic rings. The zero-order valence-electron chi connectivity index (χ0n) is 9.87. The molecule has 1 aromatic carbocycles. The maximum Gasteiger partial charge on any atom is 0.310 e. The summed E-state index contributed by atoms with van der Waals surface area (Å²) >= 11 is 0. The maximum absolute atomic E-state index is 11.3. The molecular formula is C13H12O6. The summed E-state index contributed by atoms with van der Waals surface area (Å²) in [7, 11) is 0. The van der Waals surface area contributed by atoms with Gasteiger partial charge in [-0.25, -0.2) is 0 Å². The monoisotopic (exact) mass is 264 g/mol. The highest BCUT2D eigenvalue weighted by molar-refractivity contribution is 6.09. The molecule has 6 heteroatoms. The van der Waals surface area contributed by atoms with E-state index in [4.69, 9.17) is 10.2 Å². The van der Waals surface area contributed by atoms with Crippen molar-refractivity contribution < 1.29 is 29.7 Å². The summed E-state index contributed by atoms with van der Waals surface area (Å²) in [5.41, 5.74) is 0.467. The van der Waals surface area contributed by atoms with Gasteiger partial charge in [0.2, 0.25) is 0 Å². The van der Waals surface area contributed by atoms with Crippen molar-refractivity contribution in [2.24, 2.45) is 0 Å². The van der Waals surface area contributed by atoms with E-state index in [1.54, 1.807) is 0 Å². The van der Waals surface area contributed by atoms with Crippen molar-refractivity contribution in [3.8, 4) is 11.5 Å². The Morgan fingerprint density at radius 3 is 2.32 bits per heavy atom. The third-order valence-corrected chi connectivity index (χ3v) is 2.18. The molecule has 0 spiro atoms. The van der Waals surface area contributed by atoms with Crippen LogP contribution in [-0.2, 0) is 14.4 Å². The van der Waals surface area contributed by atoms with Gasteiger partial charge in [-0.15, -0.1) is 0 Å². The molecule has 19 heavy (non-hydrogen) atoms. The Bertz CT molecular complexity index is 544. The largest absolute Gasteiger partial charge is 0.504 e. The minimum atomic E-state index is -1.27. The van der Waals surface area contributed by atoms with E-state index in [0.717, 1.165) is 6.08 Å². The SMILES string of the molecule is O=C(O)CC(=O)CC(=O)C=Cc1ccc(O)c(O)c1. The number of aliphatic carboxylic acids is 1. The summed E-state index contributed by atoms with van der Waals surface area (Å²) in [6.07, 6.45) is 1.31. The fourth-order valence-electron chi connectivity index (χ4n) is 1.32. The van der Waals surface area contributed by atoms with Crippen molar-refractivity contribution in [2.45, 2.75) is 12.8 Å². The van der Waals surface area contributed by atoms with Crippen LogP contribution in [0.5, 0.6) is 11.5 Å². The number of hydrogen-bond acceptors (Lipinski definition) is 5. The van der Waals surface area contributed by atoms with Gasteiger partial charge in [0.15, 0.2) is 23.1 Å². The summed E-state index contributed by atoms with van der Waals surface area (Å²) in [6, 6.07) is 3.98. The van der Waals surface area contributed by atoms with Crippen LogP contribution in [0.4, 0.5) is 0 Å². The molecule has 0 unspecified atom stereocenters. The van der Waals surface area contributed by atoms with Gasteiger partial charge in [-0.05, 0) is 23.8 Å². The molecule has 0 aliphatic rings. The first-order chi connectivity index (χ1) is 8.88. The number of rotatable bonds is 6. The molecule has 0 saturated carbocycles. The van der Waals surface area contributed by atoms with E-state index < -0.39 is 30.4 Å². The van der Waals surface area contributed by atoms with E-state index in [-0.39, 0.29) is 11.5 Å². The van der Waals surface area contributed by atoms with Crippen LogP contribution in [0.3, 0.4) is 0 Å². The standard InChI is InChI=1S/C13H12O6/c14-9(6-10(15)7-13(18)19)3-1-8-2-4-11(16)12(17)5-8/h1-5,16-17H,6-7H2,(H,18,19). The lowest BCUT2D eigenvalue weighted by molar-refractivity contribution is -0.140. The maximum atomic E-state index is 11.3. The first kappa shape index (κ1) is 14.4. The molecule has 0 aromatic heterocycles. The second-order valence-corrected chi connectivity index (χ2v) is 3.83. The van der Waals surface area contributed by atoms with Crippen LogP contribution in [0.25, 0.3) is 6.08 Å². The van der Waals surface area contributed by atoms with Crippen LogP contribution in [0.15, 0.2) is 24.3 Å². The van der Waals surface area contributed by atoms with Crippen molar-refractivity contribution in [1.29, 1.82) is 0 Å². The average Bonchev–Trinajstić information content (AvgIpc) is 2.29. The topological polar surface area (TPSA) is 112 Å². The van der Waals surface area contributed by atoms with Crippen molar-refractivity contribution in [3.05, 3.63) is 29.8 Å². The van der Waals surface area contributed by atoms with Gasteiger partial charge < -0.3 is 15.3 Å². The molecule has 0 bridgehead atoms. The fraction of sp³-hybridized carbons (Fsp3) is 0.154. The first-order valence-electron chi connectivity index (χ1n) is 5.35. The lowest BCUT2D eigenvalue weighted by Gasteiger charge is -1.98. The fourth-order valence-corrected chi connectivity index (χ4v) is 1.32. The van der Waals surface area contributed by atoms with E-state index in [1.807, 2.05) is 0 Å². The number of carboxylic acids is 1. The quantitative estimate of drug-likeness (QED) is 0.403. The molecule has 0 aliphatic carbocycles. The van der Waals surface area contributed by atoms with Crippen molar-refractivity contribution in [1.82, 2.24) is 0 Å². The van der Waals surface area contributed by atoms with Crippen molar-refractivity contribution in [3.63, 3.8) is 0 Å². The molecule has 0 fully saturated rings. The van der Waals surface area contributed by atoms with E-state index >= 15 is 0 Å². The van der Waals surface area contributed by atoms with Crippen LogP contribution in [0, 0.1) is 0 Å². The van der Waals surface area contributed by atoms with Crippen LogP contribution in [0.2, 0.25) is 0 Å². The third-order valence-electron chi connectivity index (χ3n) is 2.18. The first-order valence-corrected chi connectivity index (χ1v) is 5.35. The van der Waals surface area contributed by atoms with Crippen LogP contribution < -0.4 is 0 Å². The highest BCUT2D eigenvalue weighted by Crippen LogP contribution is 2.25. The van der Waals surface area contributed by atoms with Crippen LogP contribution >= 0.6 is 0 Å². The van der Waals surface area contributed by atoms with Crippen LogP contribution in [-0.4, -0.2) is 32.9 Å². The van der Waals surface area contributed by atoms with Gasteiger partial charge >= 0.3 is 5.97 Å². The Hall–Kier alpha value is -2.63. The normalized spacial score (nSPS) is 10.5. The number of allylic oxidation sites excluding steroid dienone is 1. The zero-order valence-corrected chi connectivity index (χ0v) is 9.87. The number of phenolic OH excluding ortho intramolecular Hbond substituents is 2. The Morgan fingerprint density at radius 1 is 1.05 bits per heavy atom. The van der Waals surface area contributed by atoms with E-state index in [0.29, 0.717) is 5.56 Å². The smallest absolute Gasteiger partial charge is 0.310 e. The molecule has 100 valence electrons. The molecule has 0 saturated heterocycles. The third kappa shape index (κ3) is 5.03. The van der Waals surface area contributed by atoms with Gasteiger partial charge in [0.05, 0.1) is 6.42 Å². The number of carboxylic acid groups (broad SMARTS) is 1. The minimum Gasteiger partial charge on any atom is -0.504 e. The van der Waals surface area contributed by atoms with Gasteiger partial charge in [-0.1, -0.05) is 12.1 Å². The Morgan fingerprint density at radius 2 is 1.74 bits per heavy atom. The van der Waals surface area contributed by atoms with E-state index in [9.17, 15) is 19.5 Å². The Kier molecular flexibility index (Phi) is 4.82. The lowest BCUT2D eigenvalue weighted by Crippen LogP contribution is -2.10. The number of hydrogen-bond donors (Lipinski definition) is 3.